The molecule has 136 valence electrons. The van der Waals surface area contributed by atoms with Crippen LogP contribution in [0, 0.1) is 12.7 Å². The minimum Gasteiger partial charge on any atom is -0.491 e. The lowest BCUT2D eigenvalue weighted by Gasteiger charge is -2.11. The van der Waals surface area contributed by atoms with E-state index in [4.69, 9.17) is 4.74 Å². The van der Waals surface area contributed by atoms with Crippen LogP contribution in [0.15, 0.2) is 47.4 Å². The van der Waals surface area contributed by atoms with Crippen molar-refractivity contribution in [1.82, 2.24) is 4.72 Å². The van der Waals surface area contributed by atoms with Crippen LogP contribution in [0.25, 0.3) is 0 Å². The monoisotopic (exact) mass is 365 g/mol. The van der Waals surface area contributed by atoms with Crippen molar-refractivity contribution in [2.45, 2.75) is 44.6 Å². The number of ether oxygens (including phenoxy) is 1. The van der Waals surface area contributed by atoms with Crippen molar-refractivity contribution in [2.24, 2.45) is 0 Å². The highest BCUT2D eigenvalue weighted by atomic mass is 32.2. The average Bonchev–Trinajstić information content (AvgIpc) is 2.51. The third-order valence-electron chi connectivity index (χ3n) is 3.63. The van der Waals surface area contributed by atoms with Gasteiger partial charge in [-0.25, -0.2) is 17.5 Å². The summed E-state index contributed by atoms with van der Waals surface area (Å²) < 4.78 is 45.9. The van der Waals surface area contributed by atoms with E-state index in [1.807, 2.05) is 38.1 Å². The van der Waals surface area contributed by atoms with Gasteiger partial charge >= 0.3 is 0 Å². The molecule has 0 aromatic heterocycles. The molecular weight excluding hydrogens is 341 g/mol. The molecule has 0 aliphatic rings. The van der Waals surface area contributed by atoms with Crippen LogP contribution in [0.2, 0.25) is 0 Å². The van der Waals surface area contributed by atoms with Gasteiger partial charge in [-0.1, -0.05) is 12.1 Å². The van der Waals surface area contributed by atoms with Gasteiger partial charge in [0, 0.05) is 6.54 Å². The number of halogens is 1. The maximum absolute atomic E-state index is 13.1. The van der Waals surface area contributed by atoms with Crippen molar-refractivity contribution in [3.63, 3.8) is 0 Å². The third-order valence-corrected chi connectivity index (χ3v) is 5.25. The van der Waals surface area contributed by atoms with Crippen LogP contribution >= 0.6 is 0 Å². The molecule has 0 heterocycles. The van der Waals surface area contributed by atoms with Gasteiger partial charge in [0.15, 0.2) is 0 Å². The van der Waals surface area contributed by atoms with Gasteiger partial charge in [-0.15, -0.1) is 0 Å². The zero-order chi connectivity index (χ0) is 18.4. The fraction of sp³-hybridized carbons (Fsp3) is 0.368. The van der Waals surface area contributed by atoms with E-state index < -0.39 is 15.8 Å². The van der Waals surface area contributed by atoms with Crippen LogP contribution in [-0.4, -0.2) is 21.1 Å². The van der Waals surface area contributed by atoms with E-state index in [0.29, 0.717) is 18.5 Å². The Balaban J connectivity index is 1.90. The molecule has 0 fully saturated rings. The molecule has 25 heavy (non-hydrogen) atoms. The van der Waals surface area contributed by atoms with Crippen LogP contribution in [0.3, 0.4) is 0 Å². The second-order valence-electron chi connectivity index (χ2n) is 6.23. The second-order valence-corrected chi connectivity index (χ2v) is 7.96. The molecule has 4 nitrogen and oxygen atoms in total. The van der Waals surface area contributed by atoms with Crippen molar-refractivity contribution in [3.05, 3.63) is 59.4 Å². The van der Waals surface area contributed by atoms with Gasteiger partial charge in [-0.05, 0) is 75.1 Å². The maximum Gasteiger partial charge on any atom is 0.240 e. The molecule has 1 N–H and O–H groups in total. The van der Waals surface area contributed by atoms with Gasteiger partial charge in [0.2, 0.25) is 10.0 Å². The van der Waals surface area contributed by atoms with Crippen molar-refractivity contribution in [2.75, 3.05) is 6.54 Å². The Kier molecular flexibility index (Phi) is 6.56. The van der Waals surface area contributed by atoms with E-state index >= 15 is 0 Å². The zero-order valence-electron chi connectivity index (χ0n) is 14.8. The lowest BCUT2D eigenvalue weighted by atomic mass is 10.1. The predicted octanol–water partition coefficient (Wildman–Crippen LogP) is 3.83. The molecule has 0 spiro atoms. The third kappa shape index (κ3) is 5.83. The Morgan fingerprint density at radius 2 is 1.92 bits per heavy atom. The van der Waals surface area contributed by atoms with Crippen LogP contribution in [-0.2, 0) is 16.4 Å². The fourth-order valence-electron chi connectivity index (χ4n) is 2.54. The summed E-state index contributed by atoms with van der Waals surface area (Å²) in [5, 5.41) is 0. The Labute approximate surface area is 149 Å². The minimum absolute atomic E-state index is 0.112. The molecule has 0 atom stereocenters. The first-order valence-corrected chi connectivity index (χ1v) is 9.77. The summed E-state index contributed by atoms with van der Waals surface area (Å²) >= 11 is 0. The van der Waals surface area contributed by atoms with Gasteiger partial charge in [0.25, 0.3) is 0 Å². The van der Waals surface area contributed by atoms with Crippen LogP contribution < -0.4 is 9.46 Å². The van der Waals surface area contributed by atoms with Crippen molar-refractivity contribution in [3.8, 4) is 5.75 Å². The normalized spacial score (nSPS) is 11.7. The van der Waals surface area contributed by atoms with E-state index in [2.05, 4.69) is 4.72 Å². The Morgan fingerprint density at radius 1 is 1.16 bits per heavy atom. The quantitative estimate of drug-likeness (QED) is 0.723. The van der Waals surface area contributed by atoms with E-state index in [9.17, 15) is 12.8 Å². The Bertz CT molecular complexity index is 819. The van der Waals surface area contributed by atoms with Crippen LogP contribution in [0.1, 0.15) is 31.4 Å². The first kappa shape index (κ1) is 19.4. The number of hydrogen-bond acceptors (Lipinski definition) is 3. The number of nitrogens with one attached hydrogen (secondary N) is 1. The number of rotatable bonds is 8. The highest BCUT2D eigenvalue weighted by Gasteiger charge is 2.16. The molecule has 0 amide bonds. The van der Waals surface area contributed by atoms with Crippen LogP contribution in [0.5, 0.6) is 5.75 Å². The van der Waals surface area contributed by atoms with E-state index in [1.54, 1.807) is 6.92 Å². The summed E-state index contributed by atoms with van der Waals surface area (Å²) in [4.78, 5) is 0.112. The first-order chi connectivity index (χ1) is 11.8. The Morgan fingerprint density at radius 3 is 2.60 bits per heavy atom. The van der Waals surface area contributed by atoms with Gasteiger partial charge in [-0.2, -0.15) is 0 Å². The number of sulfonamides is 1. The number of hydrogen-bond donors (Lipinski definition) is 1. The minimum atomic E-state index is -3.63. The smallest absolute Gasteiger partial charge is 0.240 e. The molecule has 2 rings (SSSR count). The molecule has 6 heteroatoms. The molecule has 0 bridgehead atoms. The molecule has 0 saturated heterocycles. The fourth-order valence-corrected chi connectivity index (χ4v) is 3.84. The van der Waals surface area contributed by atoms with Crippen molar-refractivity contribution >= 4 is 10.0 Å². The molecule has 0 aliphatic carbocycles. The van der Waals surface area contributed by atoms with Gasteiger partial charge < -0.3 is 4.74 Å². The van der Waals surface area contributed by atoms with Crippen molar-refractivity contribution < 1.29 is 17.5 Å². The van der Waals surface area contributed by atoms with E-state index in [-0.39, 0.29) is 11.0 Å². The van der Waals surface area contributed by atoms with Gasteiger partial charge in [-0.3, -0.25) is 0 Å². The highest BCUT2D eigenvalue weighted by molar-refractivity contribution is 7.89. The molecule has 0 aliphatic heterocycles. The lowest BCUT2D eigenvalue weighted by Crippen LogP contribution is -2.25. The summed E-state index contributed by atoms with van der Waals surface area (Å²) in [7, 11) is -3.63. The standard InChI is InChI=1S/C19H24FNO3S/c1-14(2)24-18-8-4-6-16(13-18)7-5-11-21-25(22,23)19-10-9-17(20)12-15(19)3/h4,6,8-10,12-14,21H,5,7,11H2,1-3H3. The molecule has 0 saturated carbocycles. The van der Waals surface area contributed by atoms with Crippen molar-refractivity contribution in [1.29, 1.82) is 0 Å². The number of aryl methyl sites for hydroxylation is 2. The summed E-state index contributed by atoms with van der Waals surface area (Å²) in [5.74, 6) is 0.370. The first-order valence-electron chi connectivity index (χ1n) is 8.29. The molecule has 2 aromatic carbocycles. The van der Waals surface area contributed by atoms with Gasteiger partial charge in [0.05, 0.1) is 11.0 Å². The average molecular weight is 365 g/mol. The summed E-state index contributed by atoms with van der Waals surface area (Å²) in [5.41, 5.74) is 1.49. The topological polar surface area (TPSA) is 55.4 Å². The lowest BCUT2D eigenvalue weighted by molar-refractivity contribution is 0.242. The highest BCUT2D eigenvalue weighted by Crippen LogP contribution is 2.17. The molecular formula is C19H24FNO3S. The number of benzene rings is 2. The molecule has 0 radical (unpaired) electrons. The second kappa shape index (κ2) is 8.45. The predicted molar refractivity (Wildman–Crippen MR) is 96.9 cm³/mol. The van der Waals surface area contributed by atoms with E-state index in [1.165, 1.54) is 12.1 Å². The van der Waals surface area contributed by atoms with Crippen LogP contribution in [0.4, 0.5) is 4.39 Å². The molecule has 0 unspecified atom stereocenters. The van der Waals surface area contributed by atoms with E-state index in [0.717, 1.165) is 23.8 Å². The van der Waals surface area contributed by atoms with Gasteiger partial charge in [0.1, 0.15) is 11.6 Å². The zero-order valence-corrected chi connectivity index (χ0v) is 15.6. The maximum atomic E-state index is 13.1. The molecule has 2 aromatic rings. The summed E-state index contributed by atoms with van der Waals surface area (Å²) in [6.07, 6.45) is 1.51. The summed E-state index contributed by atoms with van der Waals surface area (Å²) in [6.45, 7) is 5.84. The summed E-state index contributed by atoms with van der Waals surface area (Å²) in [6, 6.07) is 11.5. The SMILES string of the molecule is Cc1cc(F)ccc1S(=O)(=O)NCCCc1cccc(OC(C)C)c1. The largest absolute Gasteiger partial charge is 0.491 e. The Hall–Kier alpha value is -1.92.